The van der Waals surface area contributed by atoms with Gasteiger partial charge in [-0.2, -0.15) is 0 Å². The molecule has 0 aliphatic carbocycles. The van der Waals surface area contributed by atoms with E-state index >= 15 is 0 Å². The van der Waals surface area contributed by atoms with Gasteiger partial charge in [0.05, 0.1) is 11.4 Å². The van der Waals surface area contributed by atoms with Gasteiger partial charge < -0.3 is 13.7 Å². The predicted molar refractivity (Wildman–Crippen MR) is 204 cm³/mol. The van der Waals surface area contributed by atoms with E-state index in [1.54, 1.807) is 0 Å². The Bertz CT molecular complexity index is 2820. The minimum absolute atomic E-state index is 0.856. The summed E-state index contributed by atoms with van der Waals surface area (Å²) < 4.78 is 13.0. The van der Waals surface area contributed by atoms with Gasteiger partial charge in [0.1, 0.15) is 16.7 Å². The van der Waals surface area contributed by atoms with Gasteiger partial charge in [-0.25, -0.2) is 0 Å². The lowest BCUT2D eigenvalue weighted by Crippen LogP contribution is -2.12. The fraction of sp³-hybridized carbons (Fsp3) is 0. The highest BCUT2D eigenvalue weighted by molar-refractivity contribution is 6.15. The zero-order valence-electron chi connectivity index (χ0n) is 26.5. The number of para-hydroxylation sites is 2. The Kier molecular flexibility index (Phi) is 6.18. The summed E-state index contributed by atoms with van der Waals surface area (Å²) >= 11 is 0. The van der Waals surface area contributed by atoms with Crippen LogP contribution in [-0.4, -0.2) is 0 Å². The first-order chi connectivity index (χ1) is 24.3. The lowest BCUT2D eigenvalue weighted by Gasteiger charge is -2.29. The van der Waals surface area contributed by atoms with Crippen LogP contribution in [0, 0.1) is 0 Å². The molecule has 0 aliphatic heterocycles. The molecule has 0 saturated carbocycles. The van der Waals surface area contributed by atoms with Crippen molar-refractivity contribution >= 4 is 71.7 Å². The Morgan fingerprint density at radius 2 is 0.980 bits per heavy atom. The van der Waals surface area contributed by atoms with Crippen LogP contribution in [0.25, 0.3) is 76.9 Å². The molecular weight excluding hydrogens is 599 g/mol. The molecule has 0 amide bonds. The molecule has 0 unspecified atom stereocenters. The van der Waals surface area contributed by atoms with Crippen molar-refractivity contribution in [3.63, 3.8) is 0 Å². The molecule has 2 aromatic heterocycles. The number of benzene rings is 8. The summed E-state index contributed by atoms with van der Waals surface area (Å²) in [6.45, 7) is 0. The Morgan fingerprint density at radius 3 is 1.80 bits per heavy atom. The first-order valence-electron chi connectivity index (χ1n) is 16.6. The van der Waals surface area contributed by atoms with Crippen LogP contribution in [0.1, 0.15) is 0 Å². The average Bonchev–Trinajstić information content (AvgIpc) is 3.74. The van der Waals surface area contributed by atoms with E-state index in [1.807, 2.05) is 18.2 Å². The van der Waals surface area contributed by atoms with Gasteiger partial charge >= 0.3 is 0 Å². The molecule has 49 heavy (non-hydrogen) atoms. The Balaban J connectivity index is 1.22. The van der Waals surface area contributed by atoms with E-state index in [1.165, 1.54) is 5.39 Å². The lowest BCUT2D eigenvalue weighted by atomic mass is 9.98. The normalized spacial score (nSPS) is 11.7. The second kappa shape index (κ2) is 11.0. The summed E-state index contributed by atoms with van der Waals surface area (Å²) in [6.07, 6.45) is 0. The van der Waals surface area contributed by atoms with Crippen molar-refractivity contribution in [2.75, 3.05) is 4.90 Å². The lowest BCUT2D eigenvalue weighted by molar-refractivity contribution is 0.669. The molecule has 0 aliphatic rings. The van der Waals surface area contributed by atoms with E-state index in [-0.39, 0.29) is 0 Å². The van der Waals surface area contributed by atoms with E-state index in [2.05, 4.69) is 163 Å². The maximum atomic E-state index is 6.79. The highest BCUT2D eigenvalue weighted by Gasteiger charge is 2.25. The topological polar surface area (TPSA) is 29.5 Å². The summed E-state index contributed by atoms with van der Waals surface area (Å²) in [5.41, 5.74) is 11.1. The molecule has 0 bridgehead atoms. The Labute approximate surface area is 282 Å². The molecule has 10 aromatic rings. The van der Waals surface area contributed by atoms with Crippen LogP contribution in [-0.2, 0) is 0 Å². The average molecular weight is 628 g/mol. The number of anilines is 3. The number of hydrogen-bond acceptors (Lipinski definition) is 3. The van der Waals surface area contributed by atoms with Crippen molar-refractivity contribution < 1.29 is 8.83 Å². The van der Waals surface area contributed by atoms with Gasteiger partial charge in [0, 0.05) is 38.2 Å². The highest BCUT2D eigenvalue weighted by atomic mass is 16.3. The fourth-order valence-electron chi connectivity index (χ4n) is 7.35. The molecule has 0 N–H and O–H groups in total. The van der Waals surface area contributed by atoms with Gasteiger partial charge in [-0.15, -0.1) is 0 Å². The van der Waals surface area contributed by atoms with Crippen LogP contribution in [0.3, 0.4) is 0 Å². The Hall–Kier alpha value is -6.58. The molecule has 10 rings (SSSR count). The number of rotatable bonds is 5. The van der Waals surface area contributed by atoms with Crippen LogP contribution < -0.4 is 4.90 Å². The van der Waals surface area contributed by atoms with Crippen molar-refractivity contribution in [1.29, 1.82) is 0 Å². The smallest absolute Gasteiger partial charge is 0.160 e. The molecule has 230 valence electrons. The number of fused-ring (bicyclic) bond motifs is 7. The Morgan fingerprint density at radius 1 is 0.367 bits per heavy atom. The van der Waals surface area contributed by atoms with Crippen molar-refractivity contribution in [2.24, 2.45) is 0 Å². The van der Waals surface area contributed by atoms with E-state index in [0.717, 1.165) is 88.6 Å². The number of hydrogen-bond donors (Lipinski definition) is 0. The number of nitrogens with zero attached hydrogens (tertiary/aromatic N) is 1. The van der Waals surface area contributed by atoms with Crippen LogP contribution in [0.2, 0.25) is 0 Å². The maximum absolute atomic E-state index is 6.79. The second-order valence-corrected chi connectivity index (χ2v) is 12.5. The summed E-state index contributed by atoms with van der Waals surface area (Å²) in [7, 11) is 0. The molecule has 0 spiro atoms. The highest BCUT2D eigenvalue weighted by Crippen LogP contribution is 2.49. The van der Waals surface area contributed by atoms with E-state index in [9.17, 15) is 0 Å². The summed E-state index contributed by atoms with van der Waals surface area (Å²) in [5, 5.41) is 6.80. The van der Waals surface area contributed by atoms with Gasteiger partial charge in [0.25, 0.3) is 0 Å². The molecule has 3 nitrogen and oxygen atoms in total. The zero-order chi connectivity index (χ0) is 32.3. The molecule has 3 heteroatoms. The molecular formula is C46H29NO2. The SMILES string of the molecule is c1ccc(-c2ccc3c(oc4ccccc43)c2N(c2ccc(-c3ccc4c(c3)oc3ccccc34)cc2)c2cccc3ccccc23)cc1. The minimum Gasteiger partial charge on any atom is -0.456 e. The summed E-state index contributed by atoms with van der Waals surface area (Å²) in [6, 6.07) is 62.0. The van der Waals surface area contributed by atoms with Crippen LogP contribution in [0.4, 0.5) is 17.1 Å². The zero-order valence-corrected chi connectivity index (χ0v) is 26.5. The van der Waals surface area contributed by atoms with Crippen LogP contribution in [0.5, 0.6) is 0 Å². The predicted octanol–water partition coefficient (Wildman–Crippen LogP) is 13.4. The van der Waals surface area contributed by atoms with Gasteiger partial charge in [-0.05, 0) is 70.6 Å². The first kappa shape index (κ1) is 27.5. The monoisotopic (exact) mass is 627 g/mol. The summed E-state index contributed by atoms with van der Waals surface area (Å²) in [5.74, 6) is 0. The first-order valence-corrected chi connectivity index (χ1v) is 16.6. The third-order valence-electron chi connectivity index (χ3n) is 9.67. The van der Waals surface area contributed by atoms with Crippen LogP contribution in [0.15, 0.2) is 185 Å². The minimum atomic E-state index is 0.856. The molecule has 0 atom stereocenters. The molecule has 2 heterocycles. The quantitative estimate of drug-likeness (QED) is 0.190. The molecule has 8 aromatic carbocycles. The third-order valence-corrected chi connectivity index (χ3v) is 9.67. The summed E-state index contributed by atoms with van der Waals surface area (Å²) in [4.78, 5) is 2.38. The number of furan rings is 2. The van der Waals surface area contributed by atoms with Crippen molar-refractivity contribution in [3.05, 3.63) is 176 Å². The van der Waals surface area contributed by atoms with Gasteiger partial charge in [0.2, 0.25) is 0 Å². The van der Waals surface area contributed by atoms with Crippen molar-refractivity contribution in [2.45, 2.75) is 0 Å². The third kappa shape index (κ3) is 4.44. The van der Waals surface area contributed by atoms with Crippen molar-refractivity contribution in [3.8, 4) is 22.3 Å². The molecule has 0 saturated heterocycles. The largest absolute Gasteiger partial charge is 0.456 e. The van der Waals surface area contributed by atoms with E-state index in [0.29, 0.717) is 0 Å². The van der Waals surface area contributed by atoms with Gasteiger partial charge in [-0.1, -0.05) is 127 Å². The van der Waals surface area contributed by atoms with Crippen LogP contribution >= 0.6 is 0 Å². The second-order valence-electron chi connectivity index (χ2n) is 12.5. The maximum Gasteiger partial charge on any atom is 0.160 e. The fourth-order valence-corrected chi connectivity index (χ4v) is 7.35. The van der Waals surface area contributed by atoms with Gasteiger partial charge in [0.15, 0.2) is 5.58 Å². The van der Waals surface area contributed by atoms with Gasteiger partial charge in [-0.3, -0.25) is 0 Å². The molecule has 0 fully saturated rings. The van der Waals surface area contributed by atoms with E-state index < -0.39 is 0 Å². The standard InChI is InChI=1S/C46H29NO2/c1-2-11-32(12-3-1)36-27-28-40-38-17-7-9-20-43(38)49-46(40)45(36)47(41-18-10-14-31-13-4-5-15-35(31)41)34-24-21-30(22-25-34)33-23-26-39-37-16-6-8-19-42(37)48-44(39)29-33/h1-29H. The molecule has 0 radical (unpaired) electrons. The van der Waals surface area contributed by atoms with E-state index in [4.69, 9.17) is 8.83 Å². The van der Waals surface area contributed by atoms with Crippen molar-refractivity contribution in [1.82, 2.24) is 0 Å².